The largest absolute Gasteiger partial charge is 0.387 e. The lowest BCUT2D eigenvalue weighted by Crippen LogP contribution is -2.54. The molecule has 3 atom stereocenters. The van der Waals surface area contributed by atoms with Crippen LogP contribution in [0.4, 0.5) is 4.79 Å². The van der Waals surface area contributed by atoms with Gasteiger partial charge in [0.15, 0.2) is 0 Å². The molecule has 3 amide bonds. The molecule has 2 aliphatic rings. The second-order valence-electron chi connectivity index (χ2n) is 8.72. The van der Waals surface area contributed by atoms with E-state index in [4.69, 9.17) is 0 Å². The molecule has 2 N–H and O–H groups in total. The summed E-state index contributed by atoms with van der Waals surface area (Å²) in [5.41, 5.74) is 0.110. The van der Waals surface area contributed by atoms with E-state index < -0.39 is 5.60 Å². The number of carbonyl (C=O) groups excluding carboxylic acids is 2. The molecule has 1 saturated heterocycles. The number of nitrogens with one attached hydrogen (secondary N) is 1. The van der Waals surface area contributed by atoms with Crippen LogP contribution < -0.4 is 5.32 Å². The fourth-order valence-corrected chi connectivity index (χ4v) is 4.28. The Bertz CT molecular complexity index is 928. The van der Waals surface area contributed by atoms with E-state index in [1.165, 1.54) is 21.2 Å². The van der Waals surface area contributed by atoms with Crippen LogP contribution in [0, 0.1) is 0 Å². The van der Waals surface area contributed by atoms with Gasteiger partial charge >= 0.3 is 6.03 Å². The molecule has 2 aromatic carbocycles. The summed E-state index contributed by atoms with van der Waals surface area (Å²) in [4.78, 5) is 27.9. The third-order valence-corrected chi connectivity index (χ3v) is 6.12. The van der Waals surface area contributed by atoms with Crippen LogP contribution in [-0.2, 0) is 4.79 Å². The average molecular weight is 396 g/mol. The smallest absolute Gasteiger partial charge is 0.317 e. The zero-order valence-electron chi connectivity index (χ0n) is 17.1. The van der Waals surface area contributed by atoms with Gasteiger partial charge in [-0.1, -0.05) is 42.5 Å². The van der Waals surface area contributed by atoms with Crippen LogP contribution in [0.15, 0.2) is 42.5 Å². The number of hydrogen-bond donors (Lipinski definition) is 2. The number of β-amino-alcohol motifs (C(OH)–C–C–N with tert-alkyl or cyclic N) is 1. The molecule has 0 aromatic heterocycles. The summed E-state index contributed by atoms with van der Waals surface area (Å²) in [5, 5.41) is 16.4. The first-order chi connectivity index (χ1) is 13.8. The molecule has 0 radical (unpaired) electrons. The molecular weight excluding hydrogens is 366 g/mol. The van der Waals surface area contributed by atoms with Crippen LogP contribution >= 0.6 is 0 Å². The van der Waals surface area contributed by atoms with Crippen molar-refractivity contribution in [3.63, 3.8) is 0 Å². The Morgan fingerprint density at radius 3 is 2.72 bits per heavy atom. The number of nitrogens with zero attached hydrogens (tertiary/aromatic N) is 2. The van der Waals surface area contributed by atoms with Gasteiger partial charge in [-0.05, 0) is 35.6 Å². The minimum Gasteiger partial charge on any atom is -0.387 e. The minimum atomic E-state index is -1.14. The Balaban J connectivity index is 1.35. The van der Waals surface area contributed by atoms with E-state index in [2.05, 4.69) is 35.6 Å². The monoisotopic (exact) mass is 395 g/mol. The van der Waals surface area contributed by atoms with E-state index in [1.807, 2.05) is 12.1 Å². The van der Waals surface area contributed by atoms with Crippen molar-refractivity contribution in [2.75, 3.05) is 27.2 Å². The molecule has 29 heavy (non-hydrogen) atoms. The molecule has 2 fully saturated rings. The maximum atomic E-state index is 12.8. The first-order valence-electron chi connectivity index (χ1n) is 10.3. The highest BCUT2D eigenvalue weighted by Crippen LogP contribution is 2.42. The minimum absolute atomic E-state index is 0.0485. The summed E-state index contributed by atoms with van der Waals surface area (Å²) in [6.45, 7) is 0.809. The van der Waals surface area contributed by atoms with E-state index in [0.717, 1.165) is 6.42 Å². The molecule has 4 rings (SSSR count). The molecule has 154 valence electrons. The molecule has 6 heteroatoms. The first kappa shape index (κ1) is 19.7. The van der Waals surface area contributed by atoms with Crippen molar-refractivity contribution >= 4 is 22.7 Å². The molecule has 1 unspecified atom stereocenters. The predicted octanol–water partition coefficient (Wildman–Crippen LogP) is 2.71. The topological polar surface area (TPSA) is 72.9 Å². The number of fused-ring (bicyclic) bond motifs is 1. The lowest BCUT2D eigenvalue weighted by Gasteiger charge is -2.39. The summed E-state index contributed by atoms with van der Waals surface area (Å²) < 4.78 is 0. The third kappa shape index (κ3) is 4.37. The van der Waals surface area contributed by atoms with E-state index in [9.17, 15) is 14.7 Å². The van der Waals surface area contributed by atoms with Crippen molar-refractivity contribution in [2.24, 2.45) is 0 Å². The number of urea groups is 1. The van der Waals surface area contributed by atoms with Gasteiger partial charge in [-0.25, -0.2) is 4.79 Å². The summed E-state index contributed by atoms with van der Waals surface area (Å²) in [6, 6.07) is 14.8. The lowest BCUT2D eigenvalue weighted by molar-refractivity contribution is -0.135. The van der Waals surface area contributed by atoms with E-state index in [1.54, 1.807) is 19.0 Å². The van der Waals surface area contributed by atoms with Gasteiger partial charge in [-0.15, -0.1) is 0 Å². The number of piperidine rings is 1. The summed E-state index contributed by atoms with van der Waals surface area (Å²) >= 11 is 0. The van der Waals surface area contributed by atoms with Gasteiger partial charge in [0.05, 0.1) is 18.6 Å². The van der Waals surface area contributed by atoms with Crippen molar-refractivity contribution in [3.05, 3.63) is 48.0 Å². The van der Waals surface area contributed by atoms with Gasteiger partial charge in [0, 0.05) is 32.6 Å². The van der Waals surface area contributed by atoms with Gasteiger partial charge in [0.25, 0.3) is 0 Å². The van der Waals surface area contributed by atoms with Crippen molar-refractivity contribution in [2.45, 2.75) is 43.2 Å². The average Bonchev–Trinajstić information content (AvgIpc) is 3.46. The van der Waals surface area contributed by atoms with Gasteiger partial charge in [0.1, 0.15) is 0 Å². The summed E-state index contributed by atoms with van der Waals surface area (Å²) in [7, 11) is 3.36. The Morgan fingerprint density at radius 1 is 1.21 bits per heavy atom. The van der Waals surface area contributed by atoms with Crippen LogP contribution in [-0.4, -0.2) is 65.7 Å². The summed E-state index contributed by atoms with van der Waals surface area (Å²) in [6.07, 6.45) is 2.22. The number of amides is 3. The lowest BCUT2D eigenvalue weighted by atomic mass is 9.89. The molecule has 0 spiro atoms. The Hall–Kier alpha value is -2.60. The van der Waals surface area contributed by atoms with Crippen LogP contribution in [0.1, 0.15) is 37.2 Å². The molecule has 1 aliphatic heterocycles. The number of carbonyl (C=O) groups is 2. The van der Waals surface area contributed by atoms with Gasteiger partial charge in [-0.3, -0.25) is 4.79 Å². The standard InChI is InChI=1S/C23H29N3O3/c1-25(2)21(27)14-23(29)10-5-11-26(15-23)22(28)24-20-13-19(20)18-9-8-16-6-3-4-7-17(16)12-18/h3-4,6-9,12,19-20,29H,5,10-11,13-15H2,1-2H3,(H,24,28)/t19-,20+,23?/m0/s1. The van der Waals surface area contributed by atoms with E-state index in [-0.39, 0.29) is 30.9 Å². The molecule has 2 aromatic rings. The third-order valence-electron chi connectivity index (χ3n) is 6.12. The summed E-state index contributed by atoms with van der Waals surface area (Å²) in [5.74, 6) is 0.218. The number of hydrogen-bond acceptors (Lipinski definition) is 3. The van der Waals surface area contributed by atoms with Crippen molar-refractivity contribution in [3.8, 4) is 0 Å². The second-order valence-corrected chi connectivity index (χ2v) is 8.72. The fraction of sp³-hybridized carbons (Fsp3) is 0.478. The zero-order valence-corrected chi connectivity index (χ0v) is 17.1. The van der Waals surface area contributed by atoms with Crippen LogP contribution in [0.25, 0.3) is 10.8 Å². The van der Waals surface area contributed by atoms with Gasteiger partial charge in [0.2, 0.25) is 5.91 Å². The SMILES string of the molecule is CN(C)C(=O)CC1(O)CCCN(C(=O)N[C@@H]2C[C@H]2c2ccc3ccccc3c2)C1. The van der Waals surface area contributed by atoms with E-state index in [0.29, 0.717) is 25.3 Å². The van der Waals surface area contributed by atoms with Crippen molar-refractivity contribution in [1.29, 1.82) is 0 Å². The van der Waals surface area contributed by atoms with Gasteiger partial charge in [-0.2, -0.15) is 0 Å². The number of likely N-dealkylation sites (tertiary alicyclic amines) is 1. The Labute approximate surface area is 171 Å². The highest BCUT2D eigenvalue weighted by Gasteiger charge is 2.42. The van der Waals surface area contributed by atoms with Gasteiger partial charge < -0.3 is 20.2 Å². The van der Waals surface area contributed by atoms with Crippen molar-refractivity contribution < 1.29 is 14.7 Å². The quantitative estimate of drug-likeness (QED) is 0.836. The van der Waals surface area contributed by atoms with Crippen LogP contribution in [0.2, 0.25) is 0 Å². The first-order valence-corrected chi connectivity index (χ1v) is 10.3. The predicted molar refractivity (Wildman–Crippen MR) is 113 cm³/mol. The fourth-order valence-electron chi connectivity index (χ4n) is 4.28. The normalized spacial score (nSPS) is 26.2. The molecule has 1 saturated carbocycles. The molecule has 1 heterocycles. The highest BCUT2D eigenvalue weighted by molar-refractivity contribution is 5.83. The zero-order chi connectivity index (χ0) is 20.6. The Morgan fingerprint density at radius 2 is 1.97 bits per heavy atom. The van der Waals surface area contributed by atoms with E-state index >= 15 is 0 Å². The molecular formula is C23H29N3O3. The molecule has 0 bridgehead atoms. The number of benzene rings is 2. The number of aliphatic hydroxyl groups is 1. The van der Waals surface area contributed by atoms with Crippen molar-refractivity contribution in [1.82, 2.24) is 15.1 Å². The highest BCUT2D eigenvalue weighted by atomic mass is 16.3. The Kier molecular flexibility index (Phi) is 5.21. The maximum Gasteiger partial charge on any atom is 0.317 e. The second kappa shape index (κ2) is 7.67. The molecule has 6 nitrogen and oxygen atoms in total. The number of rotatable bonds is 4. The van der Waals surface area contributed by atoms with Crippen LogP contribution in [0.5, 0.6) is 0 Å². The maximum absolute atomic E-state index is 12.8. The van der Waals surface area contributed by atoms with Crippen LogP contribution in [0.3, 0.4) is 0 Å². The molecule has 1 aliphatic carbocycles.